The van der Waals surface area contributed by atoms with Gasteiger partial charge in [0.15, 0.2) is 0 Å². The van der Waals surface area contributed by atoms with Gasteiger partial charge < -0.3 is 19.5 Å². The molecule has 1 aromatic rings. The molecule has 2 rings (SSSR count). The molecule has 1 N–H and O–H groups in total. The van der Waals surface area contributed by atoms with E-state index in [2.05, 4.69) is 0 Å². The summed E-state index contributed by atoms with van der Waals surface area (Å²) in [6, 6.07) is 3.83. The summed E-state index contributed by atoms with van der Waals surface area (Å²) in [6.45, 7) is 1.31. The largest absolute Gasteiger partial charge is 0.481 e. The van der Waals surface area contributed by atoms with Crippen LogP contribution in [0.4, 0.5) is 4.39 Å². The van der Waals surface area contributed by atoms with Crippen molar-refractivity contribution in [2.24, 2.45) is 0 Å². The molecule has 0 saturated carbocycles. The number of carboxylic acids is 1. The average molecular weight is 339 g/mol. The van der Waals surface area contributed by atoms with Crippen LogP contribution in [-0.2, 0) is 20.9 Å². The normalized spacial score (nSPS) is 17.2. The first-order chi connectivity index (χ1) is 11.5. The summed E-state index contributed by atoms with van der Waals surface area (Å²) < 4.78 is 24.0. The van der Waals surface area contributed by atoms with Gasteiger partial charge in [0, 0.05) is 30.8 Å². The minimum Gasteiger partial charge on any atom is -0.481 e. The van der Waals surface area contributed by atoms with Crippen LogP contribution in [-0.4, -0.2) is 54.8 Å². The van der Waals surface area contributed by atoms with Crippen molar-refractivity contribution in [2.45, 2.75) is 31.9 Å². The first kappa shape index (κ1) is 18.4. The third kappa shape index (κ3) is 4.75. The molecule has 1 aliphatic rings. The van der Waals surface area contributed by atoms with Gasteiger partial charge in [0.25, 0.3) is 5.91 Å². The standard InChI is InChI=1S/C17H22FNO5/c1-23-7-8-24-11-13-9-12(4-5-15(13)18)17(22)19-6-2-3-14(19)10-16(20)21/h4-5,9,14H,2-3,6-8,10-11H2,1H3,(H,20,21). The van der Waals surface area contributed by atoms with Gasteiger partial charge in [0.1, 0.15) is 5.82 Å². The molecule has 6 nitrogen and oxygen atoms in total. The molecule has 1 fully saturated rings. The molecule has 0 aromatic heterocycles. The number of carboxylic acid groups (broad SMARTS) is 1. The van der Waals surface area contributed by atoms with Crippen molar-refractivity contribution in [2.75, 3.05) is 26.9 Å². The Balaban J connectivity index is 2.07. The van der Waals surface area contributed by atoms with Crippen LogP contribution in [0.3, 0.4) is 0 Å². The van der Waals surface area contributed by atoms with Gasteiger partial charge in [-0.1, -0.05) is 0 Å². The lowest BCUT2D eigenvalue weighted by Crippen LogP contribution is -2.36. The zero-order valence-electron chi connectivity index (χ0n) is 13.7. The molecule has 1 atom stereocenters. The summed E-state index contributed by atoms with van der Waals surface area (Å²) >= 11 is 0. The molecule has 1 amide bonds. The summed E-state index contributed by atoms with van der Waals surface area (Å²) in [5.41, 5.74) is 0.643. The number of hydrogen-bond donors (Lipinski definition) is 1. The van der Waals surface area contributed by atoms with E-state index in [9.17, 15) is 14.0 Å². The minimum absolute atomic E-state index is 0.0505. The highest BCUT2D eigenvalue weighted by Gasteiger charge is 2.31. The Morgan fingerprint density at radius 1 is 1.38 bits per heavy atom. The number of nitrogens with zero attached hydrogens (tertiary/aromatic N) is 1. The summed E-state index contributed by atoms with van der Waals surface area (Å²) in [4.78, 5) is 25.1. The summed E-state index contributed by atoms with van der Waals surface area (Å²) in [6.07, 6.45) is 1.38. The summed E-state index contributed by atoms with van der Waals surface area (Å²) in [5, 5.41) is 8.95. The SMILES string of the molecule is COCCOCc1cc(C(=O)N2CCCC2CC(=O)O)ccc1F. The minimum atomic E-state index is -0.925. The number of halogens is 1. The molecule has 1 saturated heterocycles. The second-order valence-electron chi connectivity index (χ2n) is 5.74. The highest BCUT2D eigenvalue weighted by atomic mass is 19.1. The highest BCUT2D eigenvalue weighted by molar-refractivity contribution is 5.95. The van der Waals surface area contributed by atoms with E-state index in [1.807, 2.05) is 0 Å². The second-order valence-corrected chi connectivity index (χ2v) is 5.74. The number of methoxy groups -OCH3 is 1. The van der Waals surface area contributed by atoms with Gasteiger partial charge in [-0.2, -0.15) is 0 Å². The van der Waals surface area contributed by atoms with E-state index in [1.54, 1.807) is 12.0 Å². The van der Waals surface area contributed by atoms with Gasteiger partial charge in [-0.15, -0.1) is 0 Å². The molecule has 0 bridgehead atoms. The van der Waals surface area contributed by atoms with Crippen molar-refractivity contribution in [3.05, 3.63) is 35.1 Å². The van der Waals surface area contributed by atoms with Crippen LogP contribution < -0.4 is 0 Å². The Morgan fingerprint density at radius 2 is 2.17 bits per heavy atom. The third-order valence-corrected chi connectivity index (χ3v) is 4.03. The number of likely N-dealkylation sites (tertiary alicyclic amines) is 1. The molecule has 1 aliphatic heterocycles. The second kappa shape index (κ2) is 8.75. The van der Waals surface area contributed by atoms with Gasteiger partial charge in [0.05, 0.1) is 26.2 Å². The van der Waals surface area contributed by atoms with E-state index in [0.29, 0.717) is 37.3 Å². The number of hydrogen-bond acceptors (Lipinski definition) is 4. The molecule has 0 radical (unpaired) electrons. The number of carbonyl (C=O) groups excluding carboxylic acids is 1. The molecule has 1 heterocycles. The van der Waals surface area contributed by atoms with Crippen molar-refractivity contribution >= 4 is 11.9 Å². The van der Waals surface area contributed by atoms with E-state index in [4.69, 9.17) is 14.6 Å². The number of aliphatic carboxylic acids is 1. The van der Waals surface area contributed by atoms with Gasteiger partial charge in [-0.05, 0) is 31.0 Å². The lowest BCUT2D eigenvalue weighted by Gasteiger charge is -2.23. The Kier molecular flexibility index (Phi) is 6.69. The monoisotopic (exact) mass is 339 g/mol. The zero-order chi connectivity index (χ0) is 17.5. The van der Waals surface area contributed by atoms with Crippen LogP contribution in [0.1, 0.15) is 35.2 Å². The smallest absolute Gasteiger partial charge is 0.305 e. The fourth-order valence-corrected chi connectivity index (χ4v) is 2.83. The van der Waals surface area contributed by atoms with Gasteiger partial charge in [0.2, 0.25) is 0 Å². The lowest BCUT2D eigenvalue weighted by atomic mass is 10.1. The van der Waals surface area contributed by atoms with Crippen LogP contribution in [0.2, 0.25) is 0 Å². The maximum absolute atomic E-state index is 13.9. The molecule has 24 heavy (non-hydrogen) atoms. The number of carbonyl (C=O) groups is 2. The summed E-state index contributed by atoms with van der Waals surface area (Å²) in [7, 11) is 1.55. The van der Waals surface area contributed by atoms with Crippen molar-refractivity contribution in [3.8, 4) is 0 Å². The third-order valence-electron chi connectivity index (χ3n) is 4.03. The topological polar surface area (TPSA) is 76.1 Å². The maximum Gasteiger partial charge on any atom is 0.305 e. The average Bonchev–Trinajstić information content (AvgIpc) is 2.99. The first-order valence-electron chi connectivity index (χ1n) is 7.90. The fourth-order valence-electron chi connectivity index (χ4n) is 2.83. The van der Waals surface area contributed by atoms with Crippen molar-refractivity contribution < 1.29 is 28.6 Å². The van der Waals surface area contributed by atoms with E-state index in [0.717, 1.165) is 6.42 Å². The molecule has 1 unspecified atom stereocenters. The van der Waals surface area contributed by atoms with Gasteiger partial charge in [-0.3, -0.25) is 9.59 Å². The molecule has 132 valence electrons. The number of benzene rings is 1. The van der Waals surface area contributed by atoms with Gasteiger partial charge >= 0.3 is 5.97 Å². The van der Waals surface area contributed by atoms with Crippen LogP contribution in [0, 0.1) is 5.82 Å². The Hall–Kier alpha value is -1.99. The predicted molar refractivity (Wildman–Crippen MR) is 84.2 cm³/mol. The maximum atomic E-state index is 13.9. The molecule has 0 spiro atoms. The Labute approximate surface area is 140 Å². The highest BCUT2D eigenvalue weighted by Crippen LogP contribution is 2.23. The van der Waals surface area contributed by atoms with E-state index < -0.39 is 11.8 Å². The van der Waals surface area contributed by atoms with Crippen LogP contribution in [0.15, 0.2) is 18.2 Å². The molecular formula is C17H22FNO5. The first-order valence-corrected chi connectivity index (χ1v) is 7.90. The molecular weight excluding hydrogens is 317 g/mol. The molecule has 0 aliphatic carbocycles. The predicted octanol–water partition coefficient (Wildman–Crippen LogP) is 2.07. The van der Waals surface area contributed by atoms with Crippen molar-refractivity contribution in [1.29, 1.82) is 0 Å². The molecule has 7 heteroatoms. The van der Waals surface area contributed by atoms with Crippen LogP contribution >= 0.6 is 0 Å². The Morgan fingerprint density at radius 3 is 2.88 bits per heavy atom. The van der Waals surface area contributed by atoms with E-state index >= 15 is 0 Å². The number of ether oxygens (including phenoxy) is 2. The van der Waals surface area contributed by atoms with Crippen molar-refractivity contribution in [1.82, 2.24) is 4.90 Å². The van der Waals surface area contributed by atoms with Crippen molar-refractivity contribution in [3.63, 3.8) is 0 Å². The fraction of sp³-hybridized carbons (Fsp3) is 0.529. The lowest BCUT2D eigenvalue weighted by molar-refractivity contribution is -0.137. The quantitative estimate of drug-likeness (QED) is 0.734. The van der Waals surface area contributed by atoms with Gasteiger partial charge in [-0.25, -0.2) is 4.39 Å². The Bertz CT molecular complexity index is 592. The molecule has 1 aromatic carbocycles. The number of rotatable bonds is 8. The van der Waals surface area contributed by atoms with Crippen LogP contribution in [0.5, 0.6) is 0 Å². The zero-order valence-corrected chi connectivity index (χ0v) is 13.7. The van der Waals surface area contributed by atoms with E-state index in [-0.39, 0.29) is 25.0 Å². The van der Waals surface area contributed by atoms with Crippen LogP contribution in [0.25, 0.3) is 0 Å². The summed E-state index contributed by atoms with van der Waals surface area (Å²) in [5.74, 6) is -1.63. The van der Waals surface area contributed by atoms with E-state index in [1.165, 1.54) is 18.2 Å². The number of amides is 1.